The number of likely N-dealkylation sites (tertiary alicyclic amines) is 2. The van der Waals surface area contributed by atoms with E-state index in [-0.39, 0.29) is 23.7 Å². The molecule has 6 heterocycles. The summed E-state index contributed by atoms with van der Waals surface area (Å²) >= 11 is 0. The van der Waals surface area contributed by atoms with Gasteiger partial charge in [-0.25, -0.2) is 0 Å². The number of hydrogen-bond donors (Lipinski definition) is 2. The van der Waals surface area contributed by atoms with Gasteiger partial charge in [0.2, 0.25) is 0 Å². The van der Waals surface area contributed by atoms with Crippen molar-refractivity contribution < 1.29 is 45.4 Å². The van der Waals surface area contributed by atoms with Gasteiger partial charge in [0, 0.05) is 83.4 Å². The third-order valence-corrected chi connectivity index (χ3v) is 12.0. The van der Waals surface area contributed by atoms with Crippen molar-refractivity contribution in [3.8, 4) is 0 Å². The number of ether oxygens (including phenoxy) is 2. The molecule has 2 aromatic heterocycles. The van der Waals surface area contributed by atoms with Gasteiger partial charge in [-0.1, -0.05) is 36.4 Å². The molecule has 2 amide bonds. The molecule has 0 atom stereocenters. The topological polar surface area (TPSA) is 123 Å². The fraction of sp³-hybridized carbons (Fsp3) is 0.524. The molecule has 0 spiro atoms. The van der Waals surface area contributed by atoms with Crippen LogP contribution in [-0.4, -0.2) is 112 Å². The van der Waals surface area contributed by atoms with Gasteiger partial charge in [-0.2, -0.15) is 36.5 Å². The summed E-state index contributed by atoms with van der Waals surface area (Å²) in [5, 5.41) is 14.5. The first kappa shape index (κ1) is 43.3. The van der Waals surface area contributed by atoms with Crippen LogP contribution in [0.2, 0.25) is 0 Å². The van der Waals surface area contributed by atoms with Crippen LogP contribution in [0.3, 0.4) is 0 Å². The number of rotatable bonds is 8. The number of amides is 2. The van der Waals surface area contributed by atoms with Gasteiger partial charge in [-0.15, -0.1) is 0 Å². The van der Waals surface area contributed by atoms with Crippen LogP contribution in [0.25, 0.3) is 0 Å². The van der Waals surface area contributed by atoms with E-state index in [0.29, 0.717) is 107 Å². The van der Waals surface area contributed by atoms with Crippen LogP contribution in [0.5, 0.6) is 0 Å². The molecule has 0 bridgehead atoms. The number of hydrogen-bond acceptors (Lipinski definition) is 8. The maximum absolute atomic E-state index is 13.4. The molecule has 0 unspecified atom stereocenters. The SMILES string of the molecule is COCN1CCCc2[nH]nc(C(=O)N3CCC(c4ccccc4C(F)(F)F)CC3)c2C1.COCN1Cc2[nH]nc(C(=O)N3CCC(c4ccccc4C(F)(F)F)CC3)c2C1. The van der Waals surface area contributed by atoms with E-state index >= 15 is 0 Å². The Morgan fingerprint density at radius 3 is 1.55 bits per heavy atom. The Bertz CT molecular complexity index is 2100. The van der Waals surface area contributed by atoms with Crippen LogP contribution in [0.1, 0.15) is 110 Å². The second-order valence-corrected chi connectivity index (χ2v) is 15.8. The average molecular weight is 845 g/mol. The second-order valence-electron chi connectivity index (χ2n) is 15.8. The third kappa shape index (κ3) is 9.56. The second kappa shape index (κ2) is 18.5. The van der Waals surface area contributed by atoms with E-state index in [2.05, 4.69) is 30.2 Å². The number of halogens is 6. The zero-order valence-electron chi connectivity index (χ0n) is 33.7. The van der Waals surface area contributed by atoms with Gasteiger partial charge in [0.1, 0.15) is 0 Å². The highest BCUT2D eigenvalue weighted by Crippen LogP contribution is 2.40. The summed E-state index contributed by atoms with van der Waals surface area (Å²) in [5.74, 6) is -0.738. The van der Waals surface area contributed by atoms with Gasteiger partial charge in [0.25, 0.3) is 11.8 Å². The van der Waals surface area contributed by atoms with Crippen LogP contribution in [0, 0.1) is 0 Å². The number of nitrogens with zero attached hydrogens (tertiary/aromatic N) is 6. The van der Waals surface area contributed by atoms with Crippen molar-refractivity contribution in [2.75, 3.05) is 60.4 Å². The normalized spacial score (nSPS) is 18.5. The highest BCUT2D eigenvalue weighted by molar-refractivity contribution is 5.94. The molecule has 60 heavy (non-hydrogen) atoms. The van der Waals surface area contributed by atoms with Crippen LogP contribution in [0.4, 0.5) is 26.3 Å². The van der Waals surface area contributed by atoms with Crippen LogP contribution >= 0.6 is 0 Å². The lowest BCUT2D eigenvalue weighted by Gasteiger charge is -2.33. The van der Waals surface area contributed by atoms with Gasteiger partial charge >= 0.3 is 12.4 Å². The van der Waals surface area contributed by atoms with Crippen molar-refractivity contribution in [3.63, 3.8) is 0 Å². The van der Waals surface area contributed by atoms with Crippen LogP contribution in [-0.2, 0) is 47.9 Å². The summed E-state index contributed by atoms with van der Waals surface area (Å²) in [5.41, 5.74) is 4.02. The molecule has 2 saturated heterocycles. The minimum atomic E-state index is -4.37. The maximum Gasteiger partial charge on any atom is 0.416 e. The number of aromatic nitrogens is 4. The van der Waals surface area contributed by atoms with E-state index in [4.69, 9.17) is 9.47 Å². The number of benzene rings is 2. The number of carbonyl (C=O) groups excluding carboxylic acids is 2. The molecule has 2 aromatic carbocycles. The minimum absolute atomic E-state index is 0.153. The highest BCUT2D eigenvalue weighted by Gasteiger charge is 2.39. The average Bonchev–Trinajstić information content (AvgIpc) is 3.91. The number of carbonyl (C=O) groups is 2. The monoisotopic (exact) mass is 844 g/mol. The van der Waals surface area contributed by atoms with Crippen molar-refractivity contribution in [2.24, 2.45) is 0 Å². The summed E-state index contributed by atoms with van der Waals surface area (Å²) in [6, 6.07) is 11.5. The first-order valence-corrected chi connectivity index (χ1v) is 20.2. The molecule has 12 nitrogen and oxygen atoms in total. The van der Waals surface area contributed by atoms with Crippen molar-refractivity contribution in [2.45, 2.75) is 82.3 Å². The standard InChI is InChI=1S/C22H27F3N4O2.C20H23F3N4O2/c1-31-14-28-10-4-7-19-17(13-28)20(27-26-19)21(30)29-11-8-15(9-12-29)16-5-2-3-6-18(16)22(23,24)25;1-29-12-26-10-15-17(11-26)24-25-18(15)19(28)27-8-6-13(7-9-27)14-4-2-3-5-16(14)20(21,22)23/h2-3,5-6,15H,4,7-14H2,1H3,(H,26,27);2-5,13H,6-12H2,1H3,(H,24,25). The van der Waals surface area contributed by atoms with Crippen molar-refractivity contribution >= 4 is 11.8 Å². The number of H-pyrrole nitrogens is 2. The Labute approximate surface area is 344 Å². The smallest absolute Gasteiger partial charge is 0.369 e. The first-order valence-electron chi connectivity index (χ1n) is 20.2. The highest BCUT2D eigenvalue weighted by atomic mass is 19.4. The number of aromatic amines is 2. The Hall–Kier alpha value is -4.78. The largest absolute Gasteiger partial charge is 0.416 e. The molecule has 0 radical (unpaired) electrons. The number of piperidine rings is 2. The lowest BCUT2D eigenvalue weighted by atomic mass is 9.86. The van der Waals surface area contributed by atoms with Gasteiger partial charge in [0.15, 0.2) is 11.4 Å². The van der Waals surface area contributed by atoms with E-state index < -0.39 is 23.5 Å². The predicted molar refractivity (Wildman–Crippen MR) is 208 cm³/mol. The van der Waals surface area contributed by atoms with E-state index in [1.54, 1.807) is 48.3 Å². The Balaban J connectivity index is 0.000000182. The first-order chi connectivity index (χ1) is 28.8. The maximum atomic E-state index is 13.4. The predicted octanol–water partition coefficient (Wildman–Crippen LogP) is 7.17. The van der Waals surface area contributed by atoms with Crippen molar-refractivity contribution in [3.05, 3.63) is 105 Å². The van der Waals surface area contributed by atoms with Gasteiger partial charge < -0.3 is 19.3 Å². The van der Waals surface area contributed by atoms with Crippen molar-refractivity contribution in [1.82, 2.24) is 40.0 Å². The zero-order chi connectivity index (χ0) is 42.6. The molecule has 8 rings (SSSR count). The van der Waals surface area contributed by atoms with Crippen LogP contribution < -0.4 is 0 Å². The molecule has 2 fully saturated rings. The molecule has 4 aromatic rings. The van der Waals surface area contributed by atoms with Gasteiger partial charge in [-0.05, 0) is 73.6 Å². The molecule has 324 valence electrons. The Kier molecular flexibility index (Phi) is 13.3. The van der Waals surface area contributed by atoms with E-state index in [1.807, 2.05) is 0 Å². The lowest BCUT2D eigenvalue weighted by molar-refractivity contribution is -0.139. The third-order valence-electron chi connectivity index (χ3n) is 12.0. The molecule has 4 aliphatic rings. The summed E-state index contributed by atoms with van der Waals surface area (Å²) in [4.78, 5) is 33.8. The quantitative estimate of drug-likeness (QED) is 0.179. The molecule has 18 heteroatoms. The van der Waals surface area contributed by atoms with Crippen molar-refractivity contribution in [1.29, 1.82) is 0 Å². The number of alkyl halides is 6. The van der Waals surface area contributed by atoms with Crippen LogP contribution in [0.15, 0.2) is 48.5 Å². The minimum Gasteiger partial charge on any atom is -0.369 e. The summed E-state index contributed by atoms with van der Waals surface area (Å²) in [6.45, 7) is 5.35. The Morgan fingerprint density at radius 2 is 1.07 bits per heavy atom. The summed E-state index contributed by atoms with van der Waals surface area (Å²) in [6.07, 6.45) is -4.95. The number of methoxy groups -OCH3 is 2. The molecular formula is C42H50F6N8O4. The zero-order valence-corrected chi connectivity index (χ0v) is 33.7. The lowest BCUT2D eigenvalue weighted by Crippen LogP contribution is -2.39. The van der Waals surface area contributed by atoms with E-state index in [0.717, 1.165) is 54.0 Å². The molecular weight excluding hydrogens is 795 g/mol. The molecule has 4 aliphatic heterocycles. The van der Waals surface area contributed by atoms with E-state index in [9.17, 15) is 35.9 Å². The fourth-order valence-corrected chi connectivity index (χ4v) is 9.00. The van der Waals surface area contributed by atoms with Gasteiger partial charge in [0.05, 0.1) is 30.3 Å². The summed E-state index contributed by atoms with van der Waals surface area (Å²) < 4.78 is 90.5. The van der Waals surface area contributed by atoms with E-state index in [1.165, 1.54) is 12.1 Å². The number of fused-ring (bicyclic) bond motifs is 2. The fourth-order valence-electron chi connectivity index (χ4n) is 9.00. The number of nitrogens with one attached hydrogen (secondary N) is 2. The molecule has 0 aliphatic carbocycles. The molecule has 2 N–H and O–H groups in total. The Morgan fingerprint density at radius 1 is 0.633 bits per heavy atom. The molecule has 0 saturated carbocycles. The number of aryl methyl sites for hydroxylation is 1. The van der Waals surface area contributed by atoms with Gasteiger partial charge in [-0.3, -0.25) is 29.6 Å². The summed E-state index contributed by atoms with van der Waals surface area (Å²) in [7, 11) is 3.27.